The van der Waals surface area contributed by atoms with Crippen LogP contribution >= 0.6 is 0 Å². The highest BCUT2D eigenvalue weighted by Crippen LogP contribution is 2.37. The quantitative estimate of drug-likeness (QED) is 0.493. The van der Waals surface area contributed by atoms with Gasteiger partial charge in [0.1, 0.15) is 0 Å². The molecule has 0 saturated carbocycles. The van der Waals surface area contributed by atoms with Crippen molar-refractivity contribution in [3.05, 3.63) is 47.1 Å². The van der Waals surface area contributed by atoms with Crippen LogP contribution in [0.4, 0.5) is 11.4 Å². The highest BCUT2D eigenvalue weighted by Gasteiger charge is 2.21. The Hall–Kier alpha value is -2.68. The Bertz CT molecular complexity index is 1010. The van der Waals surface area contributed by atoms with Gasteiger partial charge in [0.05, 0.1) is 22.2 Å². The van der Waals surface area contributed by atoms with E-state index in [2.05, 4.69) is 40.3 Å². The summed E-state index contributed by atoms with van der Waals surface area (Å²) in [6.45, 7) is 0. The maximum Gasteiger partial charge on any atom is 0.0832 e. The van der Waals surface area contributed by atoms with E-state index >= 15 is 0 Å². The van der Waals surface area contributed by atoms with E-state index in [0.717, 1.165) is 27.5 Å². The van der Waals surface area contributed by atoms with Crippen LogP contribution in [0.25, 0.3) is 28.1 Å². The third-order valence-corrected chi connectivity index (χ3v) is 3.85. The fourth-order valence-electron chi connectivity index (χ4n) is 3.05. The van der Waals surface area contributed by atoms with Crippen molar-refractivity contribution >= 4 is 34.6 Å². The molecule has 3 nitrogen and oxygen atoms in total. The zero-order valence-electron chi connectivity index (χ0n) is 10.0. The SMILES string of the molecule is C1=Nc2c(c3c(c4[nH]ccc24)-c2ccccc2N=3)=C1. The standard InChI is InChI=1S/C16H9N3/c1-2-4-12-9(3-1)13-15-10(5-8-18-15)14-11(6-7-17-14)16(13)19-12/h1-8,18H. The molecule has 3 heterocycles. The summed E-state index contributed by atoms with van der Waals surface area (Å²) in [5.41, 5.74) is 5.62. The molecule has 0 amide bonds. The molecule has 0 unspecified atom stereocenters. The van der Waals surface area contributed by atoms with Gasteiger partial charge in [-0.3, -0.25) is 4.99 Å². The molecule has 0 saturated heterocycles. The van der Waals surface area contributed by atoms with E-state index in [4.69, 9.17) is 4.99 Å². The lowest BCUT2D eigenvalue weighted by atomic mass is 10.0. The first-order chi connectivity index (χ1) is 9.43. The first kappa shape index (κ1) is 9.28. The minimum atomic E-state index is 1.03. The first-order valence-corrected chi connectivity index (χ1v) is 6.29. The van der Waals surface area contributed by atoms with Crippen molar-refractivity contribution in [3.63, 3.8) is 0 Å². The average Bonchev–Trinajstić information content (AvgIpc) is 3.14. The summed E-state index contributed by atoms with van der Waals surface area (Å²) in [6, 6.07) is 10.4. The number of hydrogen-bond acceptors (Lipinski definition) is 2. The van der Waals surface area contributed by atoms with Gasteiger partial charge in [0.25, 0.3) is 0 Å². The lowest BCUT2D eigenvalue weighted by molar-refractivity contribution is 1.37. The molecule has 3 heteroatoms. The number of rotatable bonds is 0. The number of hydrogen-bond donors (Lipinski definition) is 1. The number of H-pyrrole nitrogens is 1. The Labute approximate surface area is 108 Å². The van der Waals surface area contributed by atoms with Gasteiger partial charge in [-0.05, 0) is 18.2 Å². The number of benzene rings is 2. The molecule has 1 N–H and O–H groups in total. The smallest absolute Gasteiger partial charge is 0.0832 e. The summed E-state index contributed by atoms with van der Waals surface area (Å²) in [7, 11) is 0. The number of aromatic nitrogens is 1. The molecule has 0 atom stereocenters. The third kappa shape index (κ3) is 0.993. The van der Waals surface area contributed by atoms with Gasteiger partial charge in [0.15, 0.2) is 0 Å². The van der Waals surface area contributed by atoms with E-state index in [1.807, 2.05) is 18.5 Å². The first-order valence-electron chi connectivity index (χ1n) is 6.29. The van der Waals surface area contributed by atoms with Crippen LogP contribution in [0.5, 0.6) is 0 Å². The largest absolute Gasteiger partial charge is 0.361 e. The van der Waals surface area contributed by atoms with Crippen LogP contribution < -0.4 is 10.6 Å². The summed E-state index contributed by atoms with van der Waals surface area (Å²) in [5, 5.41) is 3.35. The van der Waals surface area contributed by atoms with E-state index in [-0.39, 0.29) is 0 Å². The predicted octanol–water partition coefficient (Wildman–Crippen LogP) is 2.60. The van der Waals surface area contributed by atoms with Gasteiger partial charge in [0.2, 0.25) is 0 Å². The van der Waals surface area contributed by atoms with Crippen LogP contribution in [0, 0.1) is 0 Å². The van der Waals surface area contributed by atoms with Crippen molar-refractivity contribution in [3.8, 4) is 11.1 Å². The van der Waals surface area contributed by atoms with Crippen molar-refractivity contribution in [2.45, 2.75) is 0 Å². The Morgan fingerprint density at radius 2 is 2.00 bits per heavy atom. The van der Waals surface area contributed by atoms with E-state index < -0.39 is 0 Å². The minimum absolute atomic E-state index is 1.03. The van der Waals surface area contributed by atoms with Gasteiger partial charge in [-0.1, -0.05) is 18.2 Å². The van der Waals surface area contributed by atoms with Crippen LogP contribution in [0.2, 0.25) is 0 Å². The van der Waals surface area contributed by atoms with E-state index in [9.17, 15) is 0 Å². The maximum absolute atomic E-state index is 4.79. The Balaban J connectivity index is 2.14. The van der Waals surface area contributed by atoms with Crippen LogP contribution in [0.3, 0.4) is 0 Å². The zero-order chi connectivity index (χ0) is 12.4. The Kier molecular flexibility index (Phi) is 1.47. The number of nitrogens with zero attached hydrogens (tertiary/aromatic N) is 2. The second kappa shape index (κ2) is 3.01. The van der Waals surface area contributed by atoms with Crippen molar-refractivity contribution < 1.29 is 0 Å². The summed E-state index contributed by atoms with van der Waals surface area (Å²) in [6.07, 6.45) is 5.88. The molecule has 3 aromatic rings. The van der Waals surface area contributed by atoms with Gasteiger partial charge in [-0.2, -0.15) is 0 Å². The molecule has 2 aliphatic rings. The van der Waals surface area contributed by atoms with Crippen molar-refractivity contribution in [2.24, 2.45) is 9.98 Å². The Morgan fingerprint density at radius 1 is 1.05 bits per heavy atom. The lowest BCUT2D eigenvalue weighted by Crippen LogP contribution is -2.24. The summed E-state index contributed by atoms with van der Waals surface area (Å²) >= 11 is 0. The highest BCUT2D eigenvalue weighted by atomic mass is 14.8. The summed E-state index contributed by atoms with van der Waals surface area (Å²) < 4.78 is 0. The fourth-order valence-corrected chi connectivity index (χ4v) is 3.05. The van der Waals surface area contributed by atoms with Crippen molar-refractivity contribution in [1.82, 2.24) is 4.98 Å². The average molecular weight is 243 g/mol. The third-order valence-electron chi connectivity index (χ3n) is 3.85. The molecule has 2 aliphatic heterocycles. The molecule has 88 valence electrons. The number of nitrogens with one attached hydrogen (secondary N) is 1. The van der Waals surface area contributed by atoms with Gasteiger partial charge in [-0.25, -0.2) is 4.99 Å². The molecule has 0 fully saturated rings. The predicted molar refractivity (Wildman–Crippen MR) is 76.8 cm³/mol. The number of para-hydroxylation sites is 1. The monoisotopic (exact) mass is 243 g/mol. The molecule has 1 aromatic heterocycles. The van der Waals surface area contributed by atoms with Gasteiger partial charge in [0, 0.05) is 34.1 Å². The van der Waals surface area contributed by atoms with E-state index in [1.54, 1.807) is 0 Å². The molecular formula is C16H9N3. The van der Waals surface area contributed by atoms with Crippen LogP contribution in [0.15, 0.2) is 46.5 Å². The normalized spacial score (nSPS) is 13.9. The topological polar surface area (TPSA) is 40.5 Å². The molecule has 0 spiro atoms. The molecule has 19 heavy (non-hydrogen) atoms. The molecule has 0 radical (unpaired) electrons. The second-order valence-corrected chi connectivity index (χ2v) is 4.83. The van der Waals surface area contributed by atoms with Gasteiger partial charge < -0.3 is 4.98 Å². The molecular weight excluding hydrogens is 234 g/mol. The number of aliphatic imine (C=N–C) groups is 1. The summed E-state index contributed by atoms with van der Waals surface area (Å²) in [4.78, 5) is 12.6. The van der Waals surface area contributed by atoms with Gasteiger partial charge >= 0.3 is 0 Å². The number of aromatic amines is 1. The van der Waals surface area contributed by atoms with E-state index in [1.165, 1.54) is 16.5 Å². The lowest BCUT2D eigenvalue weighted by Gasteiger charge is -2.03. The molecule has 2 aromatic carbocycles. The van der Waals surface area contributed by atoms with E-state index in [0.29, 0.717) is 0 Å². The number of fused-ring (bicyclic) bond motifs is 8. The molecule has 5 rings (SSSR count). The maximum atomic E-state index is 4.79. The van der Waals surface area contributed by atoms with Crippen LogP contribution in [-0.4, -0.2) is 11.2 Å². The summed E-state index contributed by atoms with van der Waals surface area (Å²) in [5.74, 6) is 0. The Morgan fingerprint density at radius 3 is 3.00 bits per heavy atom. The minimum Gasteiger partial charge on any atom is -0.361 e. The second-order valence-electron chi connectivity index (χ2n) is 4.83. The highest BCUT2D eigenvalue weighted by molar-refractivity contribution is 6.09. The molecule has 0 bridgehead atoms. The van der Waals surface area contributed by atoms with Gasteiger partial charge in [-0.15, -0.1) is 0 Å². The van der Waals surface area contributed by atoms with Crippen LogP contribution in [-0.2, 0) is 0 Å². The fraction of sp³-hybridized carbons (Fsp3) is 0. The van der Waals surface area contributed by atoms with Crippen LogP contribution in [0.1, 0.15) is 0 Å². The molecule has 0 aliphatic carbocycles. The zero-order valence-corrected chi connectivity index (χ0v) is 10.0. The van der Waals surface area contributed by atoms with Crippen molar-refractivity contribution in [2.75, 3.05) is 0 Å². The van der Waals surface area contributed by atoms with Crippen molar-refractivity contribution in [1.29, 1.82) is 0 Å².